The Hall–Kier alpha value is -3.14. The van der Waals surface area contributed by atoms with Crippen LogP contribution in [0.5, 0.6) is 0 Å². The molecule has 4 nitrogen and oxygen atoms in total. The molecule has 0 saturated heterocycles. The highest BCUT2D eigenvalue weighted by Gasteiger charge is 2.60. The molecule has 0 radical (unpaired) electrons. The summed E-state index contributed by atoms with van der Waals surface area (Å²) >= 11 is 0. The maximum Gasteiger partial charge on any atom is 0.244 e. The van der Waals surface area contributed by atoms with Crippen LogP contribution in [-0.2, 0) is 10.2 Å². The topological polar surface area (TPSA) is 54.6 Å². The van der Waals surface area contributed by atoms with Crippen LogP contribution in [0.2, 0.25) is 0 Å². The first-order chi connectivity index (χ1) is 12.3. The quantitative estimate of drug-likeness (QED) is 0.572. The van der Waals surface area contributed by atoms with Crippen molar-refractivity contribution in [2.45, 2.75) is 11.8 Å². The van der Waals surface area contributed by atoms with Crippen LogP contribution in [-0.4, -0.2) is 12.1 Å². The van der Waals surface area contributed by atoms with E-state index in [4.69, 9.17) is 4.42 Å². The number of furan rings is 1. The van der Waals surface area contributed by atoms with Crippen LogP contribution in [0.4, 0.5) is 0 Å². The SMILES string of the molecule is O=C(NN=Cc1ccco1)[C@H]1CC1(c1ccccc1)c1ccccc1. The van der Waals surface area contributed by atoms with Gasteiger partial charge in [-0.05, 0) is 29.7 Å². The number of amides is 1. The smallest absolute Gasteiger partial charge is 0.244 e. The predicted molar refractivity (Wildman–Crippen MR) is 96.2 cm³/mol. The molecule has 25 heavy (non-hydrogen) atoms. The van der Waals surface area contributed by atoms with E-state index >= 15 is 0 Å². The van der Waals surface area contributed by atoms with Crippen molar-refractivity contribution in [2.24, 2.45) is 11.0 Å². The minimum atomic E-state index is -0.271. The molecule has 2 aromatic carbocycles. The van der Waals surface area contributed by atoms with Gasteiger partial charge in [0.2, 0.25) is 5.91 Å². The van der Waals surface area contributed by atoms with E-state index < -0.39 is 0 Å². The van der Waals surface area contributed by atoms with Crippen LogP contribution in [0.25, 0.3) is 0 Å². The van der Waals surface area contributed by atoms with E-state index in [9.17, 15) is 4.79 Å². The van der Waals surface area contributed by atoms with Gasteiger partial charge in [-0.2, -0.15) is 5.10 Å². The van der Waals surface area contributed by atoms with Gasteiger partial charge in [0.25, 0.3) is 0 Å². The van der Waals surface area contributed by atoms with E-state index in [1.165, 1.54) is 6.21 Å². The fourth-order valence-electron chi connectivity index (χ4n) is 3.46. The van der Waals surface area contributed by atoms with E-state index in [-0.39, 0.29) is 17.2 Å². The van der Waals surface area contributed by atoms with E-state index in [1.807, 2.05) is 36.4 Å². The van der Waals surface area contributed by atoms with Gasteiger partial charge in [0.05, 0.1) is 18.4 Å². The second-order valence-electron chi connectivity index (χ2n) is 6.21. The summed E-state index contributed by atoms with van der Waals surface area (Å²) in [6, 6.07) is 24.0. The van der Waals surface area contributed by atoms with Gasteiger partial charge in [0, 0.05) is 5.41 Å². The summed E-state index contributed by atoms with van der Waals surface area (Å²) in [6.07, 6.45) is 3.86. The second-order valence-corrected chi connectivity index (χ2v) is 6.21. The van der Waals surface area contributed by atoms with Gasteiger partial charge in [-0.1, -0.05) is 60.7 Å². The maximum absolute atomic E-state index is 12.6. The summed E-state index contributed by atoms with van der Waals surface area (Å²) in [5.74, 6) is 0.398. The summed E-state index contributed by atoms with van der Waals surface area (Å²) in [7, 11) is 0. The van der Waals surface area contributed by atoms with Crippen molar-refractivity contribution >= 4 is 12.1 Å². The lowest BCUT2D eigenvalue weighted by molar-refractivity contribution is -0.122. The number of hydrazone groups is 1. The molecule has 124 valence electrons. The van der Waals surface area contributed by atoms with Crippen LogP contribution < -0.4 is 5.43 Å². The first-order valence-corrected chi connectivity index (χ1v) is 8.28. The molecule has 1 fully saturated rings. The van der Waals surface area contributed by atoms with Gasteiger partial charge in [-0.15, -0.1) is 0 Å². The van der Waals surface area contributed by atoms with Crippen molar-refractivity contribution in [3.63, 3.8) is 0 Å². The lowest BCUT2D eigenvalue weighted by atomic mass is 9.85. The third-order valence-electron chi connectivity index (χ3n) is 4.76. The highest BCUT2D eigenvalue weighted by Crippen LogP contribution is 2.58. The molecule has 0 spiro atoms. The Kier molecular flexibility index (Phi) is 3.94. The molecular weight excluding hydrogens is 312 g/mol. The Morgan fingerprint density at radius 2 is 1.64 bits per heavy atom. The lowest BCUT2D eigenvalue weighted by Crippen LogP contribution is -2.25. The summed E-state index contributed by atoms with van der Waals surface area (Å²) in [5, 5.41) is 4.01. The van der Waals surface area contributed by atoms with E-state index in [0.29, 0.717) is 5.76 Å². The number of nitrogens with zero attached hydrogens (tertiary/aromatic N) is 1. The van der Waals surface area contributed by atoms with Gasteiger partial charge in [-0.3, -0.25) is 4.79 Å². The van der Waals surface area contributed by atoms with Crippen LogP contribution in [0.3, 0.4) is 0 Å². The van der Waals surface area contributed by atoms with Crippen molar-refractivity contribution in [3.8, 4) is 0 Å². The number of rotatable bonds is 5. The van der Waals surface area contributed by atoms with Crippen molar-refractivity contribution in [1.29, 1.82) is 0 Å². The molecule has 1 aliphatic carbocycles. The Morgan fingerprint density at radius 3 is 2.20 bits per heavy atom. The molecule has 1 aliphatic rings. The third-order valence-corrected chi connectivity index (χ3v) is 4.76. The zero-order chi connectivity index (χ0) is 17.1. The van der Waals surface area contributed by atoms with E-state index in [0.717, 1.165) is 17.5 Å². The molecular formula is C21H18N2O2. The number of hydrogen-bond donors (Lipinski definition) is 1. The monoisotopic (exact) mass is 330 g/mol. The fraction of sp³-hybridized carbons (Fsp3) is 0.143. The van der Waals surface area contributed by atoms with Crippen LogP contribution in [0.15, 0.2) is 88.6 Å². The fourth-order valence-corrected chi connectivity index (χ4v) is 3.46. The molecule has 1 saturated carbocycles. The van der Waals surface area contributed by atoms with Crippen molar-refractivity contribution in [2.75, 3.05) is 0 Å². The molecule has 0 bridgehead atoms. The standard InChI is InChI=1S/C21H18N2O2/c24-20(23-22-15-18-12-7-13-25-18)19-14-21(19,16-8-3-1-4-9-16)17-10-5-2-6-11-17/h1-13,15,19H,14H2,(H,23,24)/t19-/m1/s1. The Labute approximate surface area is 146 Å². The van der Waals surface area contributed by atoms with Crippen LogP contribution >= 0.6 is 0 Å². The van der Waals surface area contributed by atoms with Gasteiger partial charge in [0.1, 0.15) is 5.76 Å². The Morgan fingerprint density at radius 1 is 1.00 bits per heavy atom. The molecule has 0 aliphatic heterocycles. The van der Waals surface area contributed by atoms with Crippen molar-refractivity contribution in [1.82, 2.24) is 5.43 Å². The highest BCUT2D eigenvalue weighted by molar-refractivity contribution is 5.87. The average molecular weight is 330 g/mol. The molecule has 1 aromatic heterocycles. The van der Waals surface area contributed by atoms with Crippen LogP contribution in [0, 0.1) is 5.92 Å². The molecule has 4 heteroatoms. The molecule has 1 N–H and O–H groups in total. The second kappa shape index (κ2) is 6.40. The first-order valence-electron chi connectivity index (χ1n) is 8.28. The normalized spacial score (nSPS) is 18.2. The van der Waals surface area contributed by atoms with Crippen molar-refractivity contribution in [3.05, 3.63) is 95.9 Å². The number of nitrogens with one attached hydrogen (secondary N) is 1. The summed E-state index contributed by atoms with van der Waals surface area (Å²) < 4.78 is 5.17. The zero-order valence-corrected chi connectivity index (χ0v) is 13.6. The maximum atomic E-state index is 12.6. The van der Waals surface area contributed by atoms with Gasteiger partial charge >= 0.3 is 0 Å². The molecule has 3 aromatic rings. The first kappa shape index (κ1) is 15.4. The zero-order valence-electron chi connectivity index (χ0n) is 13.6. The minimum Gasteiger partial charge on any atom is -0.463 e. The summed E-state index contributed by atoms with van der Waals surface area (Å²) in [4.78, 5) is 12.6. The van der Waals surface area contributed by atoms with Gasteiger partial charge in [-0.25, -0.2) is 5.43 Å². The Balaban J connectivity index is 1.57. The molecule has 1 heterocycles. The average Bonchev–Trinajstić information content (AvgIpc) is 3.23. The lowest BCUT2D eigenvalue weighted by Gasteiger charge is -2.18. The largest absolute Gasteiger partial charge is 0.463 e. The number of carbonyl (C=O) groups is 1. The predicted octanol–water partition coefficient (Wildman–Crippen LogP) is 3.74. The van der Waals surface area contributed by atoms with Crippen molar-refractivity contribution < 1.29 is 9.21 Å². The van der Waals surface area contributed by atoms with Gasteiger partial charge < -0.3 is 4.42 Å². The number of hydrogen-bond acceptors (Lipinski definition) is 3. The van der Waals surface area contributed by atoms with E-state index in [2.05, 4.69) is 34.8 Å². The number of benzene rings is 2. The highest BCUT2D eigenvalue weighted by atomic mass is 16.3. The van der Waals surface area contributed by atoms with Crippen LogP contribution in [0.1, 0.15) is 23.3 Å². The molecule has 0 unspecified atom stereocenters. The summed E-state index contributed by atoms with van der Waals surface area (Å²) in [6.45, 7) is 0. The molecule has 1 amide bonds. The molecule has 4 rings (SSSR count). The third kappa shape index (κ3) is 2.87. The van der Waals surface area contributed by atoms with E-state index in [1.54, 1.807) is 18.4 Å². The van der Waals surface area contributed by atoms with Gasteiger partial charge in [0.15, 0.2) is 0 Å². The number of carbonyl (C=O) groups excluding carboxylic acids is 1. The Bertz CT molecular complexity index is 831. The molecule has 1 atom stereocenters. The minimum absolute atomic E-state index is 0.0736. The summed E-state index contributed by atoms with van der Waals surface area (Å²) in [5.41, 5.74) is 4.70.